The smallest absolute Gasteiger partial charge is 0.258 e. The Hall–Kier alpha value is -3.58. The summed E-state index contributed by atoms with van der Waals surface area (Å²) < 4.78 is 7.87. The van der Waals surface area contributed by atoms with E-state index in [1.165, 1.54) is 0 Å². The minimum Gasteiger partial charge on any atom is -0.415 e. The van der Waals surface area contributed by atoms with Crippen molar-refractivity contribution in [1.82, 2.24) is 4.57 Å². The minimum atomic E-state index is -1.89. The first-order valence-corrected chi connectivity index (χ1v) is 15.5. The van der Waals surface area contributed by atoms with E-state index < -0.39 is 20.1 Å². The highest BCUT2D eigenvalue weighted by molar-refractivity contribution is 6.74. The third kappa shape index (κ3) is 7.25. The van der Waals surface area contributed by atoms with Gasteiger partial charge in [-0.15, -0.1) is 0 Å². The number of rotatable bonds is 9. The van der Waals surface area contributed by atoms with Gasteiger partial charge in [-0.3, -0.25) is 9.59 Å². The fourth-order valence-corrected chi connectivity index (χ4v) is 4.59. The second-order valence-electron chi connectivity index (χ2n) is 10.5. The molecule has 0 aliphatic carbocycles. The number of hydrogen-bond acceptors (Lipinski definition) is 4. The second kappa shape index (κ2) is 11.9. The SMILES string of the molecule is [C-]#[N+]N(CCO[Si](C)(C)C(C)(C)C)c1ccc(NC(=O)c2cn(C)cc2C(=O)Nc2ccc(Cl)cc2)cc1. The summed E-state index contributed by atoms with van der Waals surface area (Å²) in [6.45, 7) is 19.4. The molecule has 3 aromatic rings. The molecule has 10 heteroatoms. The third-order valence-corrected chi connectivity index (χ3v) is 11.5. The Bertz CT molecular complexity index is 1320. The first-order valence-electron chi connectivity index (χ1n) is 12.2. The highest BCUT2D eigenvalue weighted by Gasteiger charge is 2.37. The van der Waals surface area contributed by atoms with Gasteiger partial charge in [-0.1, -0.05) is 37.4 Å². The molecule has 0 radical (unpaired) electrons. The Morgan fingerprint density at radius 1 is 0.974 bits per heavy atom. The molecule has 3 rings (SSSR count). The molecular weight excluding hydrogens is 518 g/mol. The van der Waals surface area contributed by atoms with Crippen LogP contribution >= 0.6 is 11.6 Å². The zero-order chi connectivity index (χ0) is 28.1. The summed E-state index contributed by atoms with van der Waals surface area (Å²) in [5.41, 5.74) is 2.32. The van der Waals surface area contributed by atoms with Gasteiger partial charge in [0, 0.05) is 35.8 Å². The van der Waals surface area contributed by atoms with E-state index >= 15 is 0 Å². The number of nitrogens with zero attached hydrogens (tertiary/aromatic N) is 3. The van der Waals surface area contributed by atoms with Gasteiger partial charge in [-0.2, -0.15) is 11.5 Å². The van der Waals surface area contributed by atoms with Crippen molar-refractivity contribution in [3.8, 4) is 0 Å². The van der Waals surface area contributed by atoms with Crippen LogP contribution in [-0.4, -0.2) is 37.9 Å². The van der Waals surface area contributed by atoms with Gasteiger partial charge in [0.25, 0.3) is 11.8 Å². The predicted octanol–water partition coefficient (Wildman–Crippen LogP) is 6.85. The number of benzene rings is 2. The lowest BCUT2D eigenvalue weighted by molar-refractivity contribution is 0.0991. The maximum Gasteiger partial charge on any atom is 0.258 e. The summed E-state index contributed by atoms with van der Waals surface area (Å²) in [7, 11) is -0.145. The lowest BCUT2D eigenvalue weighted by atomic mass is 10.1. The molecule has 2 N–H and O–H groups in total. The Labute approximate surface area is 230 Å². The minimum absolute atomic E-state index is 0.102. The van der Waals surface area contributed by atoms with Crippen LogP contribution in [0.3, 0.4) is 0 Å². The van der Waals surface area contributed by atoms with Crippen molar-refractivity contribution in [2.24, 2.45) is 7.05 Å². The topological polar surface area (TPSA) is 80.0 Å². The summed E-state index contributed by atoms with van der Waals surface area (Å²) in [5.74, 6) is -0.814. The van der Waals surface area contributed by atoms with Gasteiger partial charge in [0.1, 0.15) is 12.2 Å². The van der Waals surface area contributed by atoms with E-state index in [0.717, 1.165) is 0 Å². The van der Waals surface area contributed by atoms with Crippen molar-refractivity contribution < 1.29 is 14.0 Å². The van der Waals surface area contributed by atoms with Crippen molar-refractivity contribution in [3.05, 3.63) is 88.6 Å². The van der Waals surface area contributed by atoms with Crippen molar-refractivity contribution in [1.29, 1.82) is 0 Å². The van der Waals surface area contributed by atoms with Crippen LogP contribution in [0.15, 0.2) is 60.9 Å². The second-order valence-corrected chi connectivity index (χ2v) is 15.8. The predicted molar refractivity (Wildman–Crippen MR) is 156 cm³/mol. The largest absolute Gasteiger partial charge is 0.415 e. The number of nitrogens with one attached hydrogen (secondary N) is 2. The average molecular weight is 552 g/mol. The van der Waals surface area contributed by atoms with Gasteiger partial charge in [0.15, 0.2) is 8.32 Å². The molecule has 0 saturated heterocycles. The standard InChI is InChI=1S/C28H34ClN5O3Si/c1-28(2,3)38(6,7)37-17-16-34(30-4)23-14-12-22(13-15-23)32-27(36)25-19-33(5)18-24(25)26(35)31-21-10-8-20(29)9-11-21/h8-15,18-19H,16-17H2,1-3,5-7H3,(H,31,35)(H,32,36). The summed E-state index contributed by atoms with van der Waals surface area (Å²) in [4.78, 5) is 29.5. The van der Waals surface area contributed by atoms with Gasteiger partial charge >= 0.3 is 0 Å². The molecule has 0 unspecified atom stereocenters. The molecule has 2 amide bonds. The molecular formula is C28H34ClN5O3Si. The maximum atomic E-state index is 13.0. The fourth-order valence-electron chi connectivity index (χ4n) is 3.43. The van der Waals surface area contributed by atoms with Crippen LogP contribution < -0.4 is 15.6 Å². The molecule has 0 aliphatic rings. The monoisotopic (exact) mass is 551 g/mol. The molecule has 0 bridgehead atoms. The summed E-state index contributed by atoms with van der Waals surface area (Å²) in [6, 6.07) is 13.8. The number of halogens is 1. The molecule has 0 spiro atoms. The van der Waals surface area contributed by atoms with Gasteiger partial charge in [-0.25, -0.2) is 0 Å². The summed E-state index contributed by atoms with van der Waals surface area (Å²) in [6.07, 6.45) is 3.20. The molecule has 0 saturated carbocycles. The fraction of sp³-hybridized carbons (Fsp3) is 0.321. The van der Waals surface area contributed by atoms with E-state index in [1.807, 2.05) is 0 Å². The number of amides is 2. The van der Waals surface area contributed by atoms with Gasteiger partial charge in [-0.05, 0) is 66.7 Å². The lowest BCUT2D eigenvalue weighted by Crippen LogP contribution is -2.42. The number of carbonyl (C=O) groups is 2. The van der Waals surface area contributed by atoms with Gasteiger partial charge in [0.2, 0.25) is 0 Å². The molecule has 0 atom stereocenters. The van der Waals surface area contributed by atoms with Crippen LogP contribution in [-0.2, 0) is 11.5 Å². The number of carbonyl (C=O) groups excluding carboxylic acids is 2. The van der Waals surface area contributed by atoms with Crippen LogP contribution in [0.25, 0.3) is 4.95 Å². The summed E-state index contributed by atoms with van der Waals surface area (Å²) in [5, 5.41) is 7.84. The average Bonchev–Trinajstić information content (AvgIpc) is 3.25. The normalized spacial score (nSPS) is 11.5. The van der Waals surface area contributed by atoms with Crippen LogP contribution in [0.2, 0.25) is 23.2 Å². The molecule has 0 aliphatic heterocycles. The van der Waals surface area contributed by atoms with Gasteiger partial charge in [0.05, 0.1) is 17.7 Å². The lowest BCUT2D eigenvalue weighted by Gasteiger charge is -2.36. The Kier molecular flexibility index (Phi) is 9.04. The molecule has 0 fully saturated rings. The van der Waals surface area contributed by atoms with E-state index in [2.05, 4.69) is 49.5 Å². The molecule has 2 aromatic carbocycles. The maximum absolute atomic E-state index is 13.0. The van der Waals surface area contributed by atoms with E-state index in [4.69, 9.17) is 22.6 Å². The van der Waals surface area contributed by atoms with E-state index in [1.54, 1.807) is 77.5 Å². The number of aromatic nitrogens is 1. The zero-order valence-electron chi connectivity index (χ0n) is 22.6. The summed E-state index contributed by atoms with van der Waals surface area (Å²) >= 11 is 5.91. The Balaban J connectivity index is 1.65. The highest BCUT2D eigenvalue weighted by Crippen LogP contribution is 2.36. The Morgan fingerprint density at radius 3 is 1.89 bits per heavy atom. The van der Waals surface area contributed by atoms with E-state index in [9.17, 15) is 9.59 Å². The number of hydrogen-bond donors (Lipinski definition) is 2. The van der Waals surface area contributed by atoms with Crippen LogP contribution in [0.1, 0.15) is 41.5 Å². The first kappa shape index (κ1) is 29.0. The molecule has 8 nitrogen and oxygen atoms in total. The molecule has 1 heterocycles. The molecule has 38 heavy (non-hydrogen) atoms. The van der Waals surface area contributed by atoms with Crippen molar-refractivity contribution in [3.63, 3.8) is 0 Å². The van der Waals surface area contributed by atoms with Crippen molar-refractivity contribution in [2.75, 3.05) is 28.8 Å². The highest BCUT2D eigenvalue weighted by atomic mass is 35.5. The quantitative estimate of drug-likeness (QED) is 0.173. The first-order chi connectivity index (χ1) is 17.8. The Morgan fingerprint density at radius 2 is 1.45 bits per heavy atom. The van der Waals surface area contributed by atoms with E-state index in [0.29, 0.717) is 35.2 Å². The van der Waals surface area contributed by atoms with Crippen LogP contribution in [0.5, 0.6) is 0 Å². The van der Waals surface area contributed by atoms with Gasteiger partial charge < -0.3 is 19.6 Å². The van der Waals surface area contributed by atoms with Crippen LogP contribution in [0, 0.1) is 6.57 Å². The number of aryl methyl sites for hydroxylation is 1. The van der Waals surface area contributed by atoms with Crippen molar-refractivity contribution >= 4 is 48.8 Å². The molecule has 1 aromatic heterocycles. The number of anilines is 3. The zero-order valence-corrected chi connectivity index (χ0v) is 24.4. The van der Waals surface area contributed by atoms with Crippen LogP contribution in [0.4, 0.5) is 17.1 Å². The molecule has 200 valence electrons. The third-order valence-electron chi connectivity index (χ3n) is 6.66. The van der Waals surface area contributed by atoms with E-state index in [-0.39, 0.29) is 16.2 Å². The van der Waals surface area contributed by atoms with Crippen molar-refractivity contribution in [2.45, 2.75) is 38.9 Å².